The molecule has 0 spiro atoms. The zero-order chi connectivity index (χ0) is 13.0. The lowest BCUT2D eigenvalue weighted by atomic mass is 9.73. The molecule has 1 aliphatic carbocycles. The first-order chi connectivity index (χ1) is 8.62. The maximum absolute atomic E-state index is 12.0. The van der Waals surface area contributed by atoms with Gasteiger partial charge in [-0.2, -0.15) is 0 Å². The molecule has 1 heterocycles. The minimum Gasteiger partial charge on any atom is -0.392 e. The summed E-state index contributed by atoms with van der Waals surface area (Å²) in [5.74, 6) is 0.105. The molecule has 0 aromatic carbocycles. The highest BCUT2D eigenvalue weighted by molar-refractivity contribution is 5.85. The number of hydrogen-bond acceptors (Lipinski definition) is 3. The van der Waals surface area contributed by atoms with Crippen LogP contribution in [-0.4, -0.2) is 36.2 Å². The second kappa shape index (κ2) is 7.46. The van der Waals surface area contributed by atoms with E-state index in [0.717, 1.165) is 45.1 Å². The molecule has 3 N–H and O–H groups in total. The topological polar surface area (TPSA) is 61.4 Å². The number of hydrogen-bond donors (Lipinski definition) is 3. The minimum absolute atomic E-state index is 0. The Balaban J connectivity index is 0.00000180. The minimum atomic E-state index is -0.272. The van der Waals surface area contributed by atoms with Gasteiger partial charge in [0.15, 0.2) is 0 Å². The van der Waals surface area contributed by atoms with Crippen LogP contribution in [0.15, 0.2) is 0 Å². The molecule has 1 aliphatic heterocycles. The van der Waals surface area contributed by atoms with E-state index in [-0.39, 0.29) is 35.9 Å². The molecular formula is C14H27ClN2O2. The molecule has 1 amide bonds. The van der Waals surface area contributed by atoms with E-state index in [1.165, 1.54) is 6.42 Å². The van der Waals surface area contributed by atoms with Crippen LogP contribution in [-0.2, 0) is 4.79 Å². The number of aliphatic hydroxyl groups is 1. The van der Waals surface area contributed by atoms with Crippen molar-refractivity contribution in [3.63, 3.8) is 0 Å². The number of carbonyl (C=O) groups excluding carboxylic acids is 1. The number of nitrogens with one attached hydrogen (secondary N) is 2. The van der Waals surface area contributed by atoms with Crippen LogP contribution in [0, 0.1) is 5.41 Å². The highest BCUT2D eigenvalue weighted by atomic mass is 35.5. The van der Waals surface area contributed by atoms with E-state index in [9.17, 15) is 9.90 Å². The van der Waals surface area contributed by atoms with Gasteiger partial charge in [-0.05, 0) is 32.2 Å². The number of rotatable bonds is 3. The van der Waals surface area contributed by atoms with Crippen molar-refractivity contribution >= 4 is 18.3 Å². The third kappa shape index (κ3) is 4.33. The van der Waals surface area contributed by atoms with E-state index in [4.69, 9.17) is 0 Å². The Hall–Kier alpha value is -0.320. The monoisotopic (exact) mass is 290 g/mol. The lowest BCUT2D eigenvalue weighted by molar-refractivity contribution is -0.124. The Kier molecular flexibility index (Phi) is 6.57. The summed E-state index contributed by atoms with van der Waals surface area (Å²) >= 11 is 0. The fraction of sp³-hybridized carbons (Fsp3) is 0.929. The highest BCUT2D eigenvalue weighted by Gasteiger charge is 2.36. The van der Waals surface area contributed by atoms with Gasteiger partial charge in [0.25, 0.3) is 0 Å². The Labute approximate surface area is 122 Å². The van der Waals surface area contributed by atoms with Crippen LogP contribution >= 0.6 is 12.4 Å². The van der Waals surface area contributed by atoms with E-state index in [1.807, 2.05) is 0 Å². The Morgan fingerprint density at radius 3 is 2.68 bits per heavy atom. The number of halogens is 1. The van der Waals surface area contributed by atoms with Crippen molar-refractivity contribution in [3.8, 4) is 0 Å². The number of aliphatic hydroxyl groups excluding tert-OH is 1. The highest BCUT2D eigenvalue weighted by Crippen LogP contribution is 2.35. The summed E-state index contributed by atoms with van der Waals surface area (Å²) in [5, 5.41) is 16.4. The SMILES string of the molecule is CC1(CNC(=O)C2CCCCN2)CCCCC1O.Cl. The first-order valence-electron chi connectivity index (χ1n) is 7.31. The normalized spacial score (nSPS) is 35.3. The molecule has 3 unspecified atom stereocenters. The van der Waals surface area contributed by atoms with Crippen molar-refractivity contribution in [2.24, 2.45) is 5.41 Å². The molecule has 0 aromatic rings. The van der Waals surface area contributed by atoms with Crippen LogP contribution in [0.3, 0.4) is 0 Å². The summed E-state index contributed by atoms with van der Waals surface area (Å²) in [6.45, 7) is 3.63. The van der Waals surface area contributed by atoms with Crippen LogP contribution in [0.2, 0.25) is 0 Å². The molecule has 112 valence electrons. The van der Waals surface area contributed by atoms with Gasteiger partial charge in [-0.1, -0.05) is 26.2 Å². The molecule has 0 radical (unpaired) electrons. The molecule has 0 bridgehead atoms. The van der Waals surface area contributed by atoms with Gasteiger partial charge in [-0.3, -0.25) is 4.79 Å². The van der Waals surface area contributed by atoms with Gasteiger partial charge in [0, 0.05) is 12.0 Å². The average Bonchev–Trinajstić information content (AvgIpc) is 2.41. The zero-order valence-electron chi connectivity index (χ0n) is 11.8. The quantitative estimate of drug-likeness (QED) is 0.740. The van der Waals surface area contributed by atoms with E-state index >= 15 is 0 Å². The lowest BCUT2D eigenvalue weighted by Crippen LogP contribution is -2.51. The van der Waals surface area contributed by atoms with Crippen LogP contribution in [0.4, 0.5) is 0 Å². The number of amides is 1. The van der Waals surface area contributed by atoms with Gasteiger partial charge in [0.05, 0.1) is 12.1 Å². The van der Waals surface area contributed by atoms with Crippen LogP contribution in [0.5, 0.6) is 0 Å². The van der Waals surface area contributed by atoms with Crippen molar-refractivity contribution in [3.05, 3.63) is 0 Å². The number of carbonyl (C=O) groups is 1. The standard InChI is InChI=1S/C14H26N2O2.ClH/c1-14(8-4-2-7-12(14)17)10-16-13(18)11-6-3-5-9-15-11;/h11-12,15,17H,2-10H2,1H3,(H,16,18);1H. The fourth-order valence-electron chi connectivity index (χ4n) is 3.08. The van der Waals surface area contributed by atoms with E-state index < -0.39 is 0 Å². The second-order valence-electron chi connectivity index (χ2n) is 6.14. The van der Waals surface area contributed by atoms with Crippen molar-refractivity contribution < 1.29 is 9.90 Å². The maximum Gasteiger partial charge on any atom is 0.237 e. The van der Waals surface area contributed by atoms with Gasteiger partial charge >= 0.3 is 0 Å². The van der Waals surface area contributed by atoms with Crippen molar-refractivity contribution in [2.45, 2.75) is 64.0 Å². The molecular weight excluding hydrogens is 264 g/mol. The molecule has 0 aromatic heterocycles. The zero-order valence-corrected chi connectivity index (χ0v) is 12.6. The predicted octanol–water partition coefficient (Wildman–Crippen LogP) is 1.61. The van der Waals surface area contributed by atoms with E-state index in [0.29, 0.717) is 6.54 Å². The van der Waals surface area contributed by atoms with Crippen molar-refractivity contribution in [2.75, 3.05) is 13.1 Å². The molecule has 19 heavy (non-hydrogen) atoms. The summed E-state index contributed by atoms with van der Waals surface area (Å²) in [5.41, 5.74) is -0.136. The molecule has 1 saturated carbocycles. The van der Waals surface area contributed by atoms with Gasteiger partial charge in [-0.15, -0.1) is 12.4 Å². The first kappa shape index (κ1) is 16.7. The molecule has 1 saturated heterocycles. The summed E-state index contributed by atoms with van der Waals surface area (Å²) in [4.78, 5) is 12.0. The van der Waals surface area contributed by atoms with Gasteiger partial charge < -0.3 is 15.7 Å². The molecule has 2 fully saturated rings. The Bertz CT molecular complexity index is 295. The Morgan fingerprint density at radius 1 is 1.32 bits per heavy atom. The van der Waals surface area contributed by atoms with E-state index in [2.05, 4.69) is 17.6 Å². The molecule has 3 atom stereocenters. The van der Waals surface area contributed by atoms with Crippen molar-refractivity contribution in [1.82, 2.24) is 10.6 Å². The summed E-state index contributed by atoms with van der Waals surface area (Å²) in [6, 6.07) is -0.0249. The second-order valence-corrected chi connectivity index (χ2v) is 6.14. The molecule has 4 nitrogen and oxygen atoms in total. The Morgan fingerprint density at radius 2 is 2.05 bits per heavy atom. The van der Waals surface area contributed by atoms with Gasteiger partial charge in [-0.25, -0.2) is 0 Å². The fourth-order valence-corrected chi connectivity index (χ4v) is 3.08. The summed E-state index contributed by atoms with van der Waals surface area (Å²) in [7, 11) is 0. The van der Waals surface area contributed by atoms with Gasteiger partial charge in [0.2, 0.25) is 5.91 Å². The largest absolute Gasteiger partial charge is 0.392 e. The third-order valence-electron chi connectivity index (χ3n) is 4.57. The summed E-state index contributed by atoms with van der Waals surface area (Å²) in [6.07, 6.45) is 7.10. The van der Waals surface area contributed by atoms with Crippen LogP contribution in [0.25, 0.3) is 0 Å². The van der Waals surface area contributed by atoms with Gasteiger partial charge in [0.1, 0.15) is 0 Å². The predicted molar refractivity (Wildman–Crippen MR) is 78.5 cm³/mol. The van der Waals surface area contributed by atoms with Crippen LogP contribution in [0.1, 0.15) is 51.9 Å². The average molecular weight is 291 g/mol. The third-order valence-corrected chi connectivity index (χ3v) is 4.57. The lowest BCUT2D eigenvalue weighted by Gasteiger charge is -2.39. The first-order valence-corrected chi connectivity index (χ1v) is 7.31. The smallest absolute Gasteiger partial charge is 0.237 e. The number of piperidine rings is 1. The maximum atomic E-state index is 12.0. The van der Waals surface area contributed by atoms with E-state index in [1.54, 1.807) is 0 Å². The van der Waals surface area contributed by atoms with Crippen molar-refractivity contribution in [1.29, 1.82) is 0 Å². The molecule has 2 aliphatic rings. The molecule has 2 rings (SSSR count). The molecule has 5 heteroatoms. The van der Waals surface area contributed by atoms with Crippen LogP contribution < -0.4 is 10.6 Å². The summed E-state index contributed by atoms with van der Waals surface area (Å²) < 4.78 is 0.